The highest BCUT2D eigenvalue weighted by atomic mass is 16.2. The molecule has 5 heteroatoms. The van der Waals surface area contributed by atoms with E-state index in [0.717, 1.165) is 5.69 Å². The number of amides is 2. The van der Waals surface area contributed by atoms with Gasteiger partial charge in [0.1, 0.15) is 0 Å². The van der Waals surface area contributed by atoms with Crippen molar-refractivity contribution in [2.24, 2.45) is 5.73 Å². The molecular weight excluding hydrogens is 242 g/mol. The maximum absolute atomic E-state index is 11.9. The van der Waals surface area contributed by atoms with Crippen LogP contribution in [0.5, 0.6) is 0 Å². The van der Waals surface area contributed by atoms with Gasteiger partial charge in [-0.2, -0.15) is 0 Å². The molecule has 0 radical (unpaired) electrons. The second-order valence-corrected chi connectivity index (χ2v) is 4.68. The summed E-state index contributed by atoms with van der Waals surface area (Å²) in [5.74, 6) is -0.110. The summed E-state index contributed by atoms with van der Waals surface area (Å²) in [6.07, 6.45) is 0. The molecule has 2 amide bonds. The van der Waals surface area contributed by atoms with E-state index in [1.165, 1.54) is 10.5 Å². The van der Waals surface area contributed by atoms with Gasteiger partial charge in [-0.25, -0.2) is 0 Å². The minimum atomic E-state index is -0.335. The van der Waals surface area contributed by atoms with E-state index in [1.807, 2.05) is 24.3 Å². The Bertz CT molecular complexity index is 458. The van der Waals surface area contributed by atoms with E-state index < -0.39 is 0 Å². The second kappa shape index (κ2) is 6.89. The standard InChI is InChI=1S/C14H21N3O2/c1-10(2)11-5-4-6-12(7-11)17(3)14(19)9-16-13(18)8-15/h4-7,10H,8-9,15H2,1-3H3,(H,16,18). The molecular formula is C14H21N3O2. The first kappa shape index (κ1) is 15.2. The van der Waals surface area contributed by atoms with Crippen molar-refractivity contribution in [1.82, 2.24) is 5.32 Å². The van der Waals surface area contributed by atoms with Gasteiger partial charge in [0, 0.05) is 12.7 Å². The number of hydrogen-bond donors (Lipinski definition) is 2. The quantitative estimate of drug-likeness (QED) is 0.827. The topological polar surface area (TPSA) is 75.4 Å². The average Bonchev–Trinajstić information content (AvgIpc) is 2.43. The predicted octanol–water partition coefficient (Wildman–Crippen LogP) is 0.848. The van der Waals surface area contributed by atoms with Gasteiger partial charge in [0.2, 0.25) is 11.8 Å². The average molecular weight is 263 g/mol. The van der Waals surface area contributed by atoms with E-state index in [0.29, 0.717) is 5.92 Å². The van der Waals surface area contributed by atoms with Crippen LogP contribution in [0.4, 0.5) is 5.69 Å². The molecule has 104 valence electrons. The molecule has 19 heavy (non-hydrogen) atoms. The number of nitrogens with two attached hydrogens (primary N) is 1. The summed E-state index contributed by atoms with van der Waals surface area (Å²) in [7, 11) is 1.69. The minimum Gasteiger partial charge on any atom is -0.346 e. The molecule has 0 aliphatic rings. The van der Waals surface area contributed by atoms with Gasteiger partial charge in [0.05, 0.1) is 13.1 Å². The van der Waals surface area contributed by atoms with Crippen LogP contribution in [0.1, 0.15) is 25.3 Å². The van der Waals surface area contributed by atoms with Crippen molar-refractivity contribution in [3.05, 3.63) is 29.8 Å². The van der Waals surface area contributed by atoms with Crippen LogP contribution in [0.3, 0.4) is 0 Å². The van der Waals surface area contributed by atoms with Gasteiger partial charge in [-0.1, -0.05) is 26.0 Å². The minimum absolute atomic E-state index is 0.0432. The maximum atomic E-state index is 11.9. The molecule has 0 spiro atoms. The van der Waals surface area contributed by atoms with E-state index in [9.17, 15) is 9.59 Å². The van der Waals surface area contributed by atoms with Crippen LogP contribution in [0.25, 0.3) is 0 Å². The first-order valence-electron chi connectivity index (χ1n) is 6.29. The lowest BCUT2D eigenvalue weighted by atomic mass is 10.0. The molecule has 1 rings (SSSR count). The van der Waals surface area contributed by atoms with E-state index in [2.05, 4.69) is 19.2 Å². The van der Waals surface area contributed by atoms with Gasteiger partial charge in [0.25, 0.3) is 0 Å². The Kier molecular flexibility index (Phi) is 5.51. The molecule has 5 nitrogen and oxygen atoms in total. The number of hydrogen-bond acceptors (Lipinski definition) is 3. The smallest absolute Gasteiger partial charge is 0.246 e. The summed E-state index contributed by atoms with van der Waals surface area (Å²) in [5.41, 5.74) is 7.15. The highest BCUT2D eigenvalue weighted by molar-refractivity contribution is 5.96. The molecule has 3 N–H and O–H groups in total. The highest BCUT2D eigenvalue weighted by Crippen LogP contribution is 2.20. The van der Waals surface area contributed by atoms with Gasteiger partial charge in [0.15, 0.2) is 0 Å². The van der Waals surface area contributed by atoms with Gasteiger partial charge in [-0.05, 0) is 23.6 Å². The maximum Gasteiger partial charge on any atom is 0.246 e. The van der Waals surface area contributed by atoms with Crippen LogP contribution in [0.2, 0.25) is 0 Å². The van der Waals surface area contributed by atoms with Crippen LogP contribution >= 0.6 is 0 Å². The lowest BCUT2D eigenvalue weighted by Crippen LogP contribution is -2.40. The van der Waals surface area contributed by atoms with Crippen LogP contribution < -0.4 is 16.0 Å². The van der Waals surface area contributed by atoms with E-state index >= 15 is 0 Å². The molecule has 0 unspecified atom stereocenters. The molecule has 1 aromatic rings. The highest BCUT2D eigenvalue weighted by Gasteiger charge is 2.12. The van der Waals surface area contributed by atoms with Crippen molar-refractivity contribution >= 4 is 17.5 Å². The molecule has 0 aliphatic carbocycles. The van der Waals surface area contributed by atoms with Gasteiger partial charge < -0.3 is 16.0 Å². The van der Waals surface area contributed by atoms with Crippen molar-refractivity contribution in [3.63, 3.8) is 0 Å². The van der Waals surface area contributed by atoms with Crippen LogP contribution in [-0.4, -0.2) is 32.0 Å². The fraction of sp³-hybridized carbons (Fsp3) is 0.429. The zero-order chi connectivity index (χ0) is 14.4. The SMILES string of the molecule is CC(C)c1cccc(N(C)C(=O)CNC(=O)CN)c1. The lowest BCUT2D eigenvalue weighted by Gasteiger charge is -2.19. The Morgan fingerprint density at radius 1 is 1.37 bits per heavy atom. The zero-order valence-corrected chi connectivity index (χ0v) is 11.6. The number of nitrogens with zero attached hydrogens (tertiary/aromatic N) is 1. The van der Waals surface area contributed by atoms with Crippen molar-refractivity contribution in [3.8, 4) is 0 Å². The molecule has 0 aromatic heterocycles. The summed E-state index contributed by atoms with van der Waals surface area (Å²) >= 11 is 0. The van der Waals surface area contributed by atoms with Gasteiger partial charge in [-0.15, -0.1) is 0 Å². The fourth-order valence-electron chi connectivity index (χ4n) is 1.60. The molecule has 0 saturated carbocycles. The first-order chi connectivity index (χ1) is 8.95. The zero-order valence-electron chi connectivity index (χ0n) is 11.6. The normalized spacial score (nSPS) is 10.4. The number of anilines is 1. The van der Waals surface area contributed by atoms with Crippen LogP contribution in [-0.2, 0) is 9.59 Å². The lowest BCUT2D eigenvalue weighted by molar-refractivity contribution is -0.124. The van der Waals surface area contributed by atoms with E-state index in [-0.39, 0.29) is 24.9 Å². The fourth-order valence-corrected chi connectivity index (χ4v) is 1.60. The Labute approximate surface area is 113 Å². The van der Waals surface area contributed by atoms with Crippen molar-refractivity contribution < 1.29 is 9.59 Å². The number of likely N-dealkylation sites (N-methyl/N-ethyl adjacent to an activating group) is 1. The van der Waals surface area contributed by atoms with Gasteiger partial charge >= 0.3 is 0 Å². The molecule has 0 bridgehead atoms. The third kappa shape index (κ3) is 4.37. The molecule has 0 aliphatic heterocycles. The first-order valence-corrected chi connectivity index (χ1v) is 6.29. The van der Waals surface area contributed by atoms with Crippen LogP contribution in [0.15, 0.2) is 24.3 Å². The summed E-state index contributed by atoms with van der Waals surface area (Å²) in [4.78, 5) is 24.5. The number of nitrogens with one attached hydrogen (secondary N) is 1. The molecule has 0 fully saturated rings. The number of rotatable bonds is 5. The van der Waals surface area contributed by atoms with E-state index in [1.54, 1.807) is 7.05 Å². The number of carbonyl (C=O) groups excluding carboxylic acids is 2. The largest absolute Gasteiger partial charge is 0.346 e. The number of carbonyl (C=O) groups is 2. The predicted molar refractivity (Wildman–Crippen MR) is 76.0 cm³/mol. The summed E-state index contributed by atoms with van der Waals surface area (Å²) in [6.45, 7) is 4.04. The van der Waals surface area contributed by atoms with Crippen molar-refractivity contribution in [1.29, 1.82) is 0 Å². The van der Waals surface area contributed by atoms with Crippen molar-refractivity contribution in [2.45, 2.75) is 19.8 Å². The van der Waals surface area contributed by atoms with E-state index in [4.69, 9.17) is 5.73 Å². The summed E-state index contributed by atoms with van der Waals surface area (Å²) in [5, 5.41) is 2.46. The third-order valence-corrected chi connectivity index (χ3v) is 2.92. The van der Waals surface area contributed by atoms with Gasteiger partial charge in [-0.3, -0.25) is 9.59 Å². The second-order valence-electron chi connectivity index (χ2n) is 4.68. The summed E-state index contributed by atoms with van der Waals surface area (Å²) < 4.78 is 0. The summed E-state index contributed by atoms with van der Waals surface area (Å²) in [6, 6.07) is 7.80. The monoisotopic (exact) mass is 263 g/mol. The van der Waals surface area contributed by atoms with Crippen molar-refractivity contribution in [2.75, 3.05) is 25.0 Å². The Morgan fingerprint density at radius 3 is 2.63 bits per heavy atom. The number of benzene rings is 1. The molecule has 0 saturated heterocycles. The van der Waals surface area contributed by atoms with Crippen LogP contribution in [0, 0.1) is 0 Å². The molecule has 0 heterocycles. The Hall–Kier alpha value is -1.88. The molecule has 0 atom stereocenters. The Balaban J connectivity index is 2.71. The third-order valence-electron chi connectivity index (χ3n) is 2.92. The molecule has 1 aromatic carbocycles. The Morgan fingerprint density at radius 2 is 2.05 bits per heavy atom.